The van der Waals surface area contributed by atoms with Crippen LogP contribution in [0.15, 0.2) is 52.3 Å². The molecular weight excluding hydrogens is 398 g/mol. The molecule has 0 aliphatic heterocycles. The fourth-order valence-corrected chi connectivity index (χ4v) is 4.20. The summed E-state index contributed by atoms with van der Waals surface area (Å²) < 4.78 is 37.2. The van der Waals surface area contributed by atoms with Crippen LogP contribution in [-0.2, 0) is 19.6 Å². The van der Waals surface area contributed by atoms with Crippen molar-refractivity contribution in [1.82, 2.24) is 0 Å². The van der Waals surface area contributed by atoms with Crippen molar-refractivity contribution in [2.45, 2.75) is 9.79 Å². The van der Waals surface area contributed by atoms with E-state index in [9.17, 15) is 13.2 Å². The van der Waals surface area contributed by atoms with Crippen LogP contribution in [0.2, 0.25) is 5.02 Å². The molecule has 0 bridgehead atoms. The van der Waals surface area contributed by atoms with Crippen molar-refractivity contribution >= 4 is 45.0 Å². The van der Waals surface area contributed by atoms with Gasteiger partial charge in [0.1, 0.15) is 12.3 Å². The Labute approximate surface area is 162 Å². The highest BCUT2D eigenvalue weighted by Crippen LogP contribution is 2.35. The second-order valence-electron chi connectivity index (χ2n) is 5.08. The predicted octanol–water partition coefficient (Wildman–Crippen LogP) is 3.44. The van der Waals surface area contributed by atoms with E-state index in [0.29, 0.717) is 5.02 Å². The lowest BCUT2D eigenvalue weighted by Gasteiger charge is -2.25. The van der Waals surface area contributed by atoms with E-state index in [0.717, 1.165) is 9.20 Å². The number of hydrogen-bond donors (Lipinski definition) is 0. The van der Waals surface area contributed by atoms with Crippen molar-refractivity contribution < 1.29 is 22.7 Å². The summed E-state index contributed by atoms with van der Waals surface area (Å²) in [4.78, 5) is 12.8. The Morgan fingerprint density at radius 2 is 1.81 bits per heavy atom. The minimum absolute atomic E-state index is 0.0428. The summed E-state index contributed by atoms with van der Waals surface area (Å²) in [5, 5.41) is 0.309. The molecule has 2 rings (SSSR count). The standard InChI is InChI=1S/C17H18ClNO5S2/c1-23-16-9-4-12(18)10-15(16)19(11-17(20)24-2)26(21,22)14-7-5-13(25-3)6-8-14/h4-10H,11H2,1-3H3. The van der Waals surface area contributed by atoms with E-state index in [1.165, 1.54) is 50.2 Å². The molecular formula is C17H18ClNO5S2. The molecule has 0 aliphatic rings. The van der Waals surface area contributed by atoms with Gasteiger partial charge in [-0.05, 0) is 48.7 Å². The van der Waals surface area contributed by atoms with E-state index >= 15 is 0 Å². The first-order chi connectivity index (χ1) is 12.3. The van der Waals surface area contributed by atoms with Crippen LogP contribution in [0.4, 0.5) is 5.69 Å². The fraction of sp³-hybridized carbons (Fsp3) is 0.235. The normalized spacial score (nSPS) is 11.1. The molecule has 0 aliphatic carbocycles. The number of rotatable bonds is 7. The number of nitrogens with zero attached hydrogens (tertiary/aromatic N) is 1. The lowest BCUT2D eigenvalue weighted by molar-refractivity contribution is -0.138. The number of carbonyl (C=O) groups is 1. The van der Waals surface area contributed by atoms with Crippen LogP contribution in [0, 0.1) is 0 Å². The molecule has 2 aromatic rings. The van der Waals surface area contributed by atoms with Crippen LogP contribution in [-0.4, -0.2) is 41.4 Å². The minimum Gasteiger partial charge on any atom is -0.495 e. The van der Waals surface area contributed by atoms with Crippen molar-refractivity contribution in [3.8, 4) is 5.75 Å². The summed E-state index contributed by atoms with van der Waals surface area (Å²) in [5.74, 6) is -0.445. The number of methoxy groups -OCH3 is 2. The Hall–Kier alpha value is -1.90. The van der Waals surface area contributed by atoms with Gasteiger partial charge in [0.05, 0.1) is 24.8 Å². The third-order valence-electron chi connectivity index (χ3n) is 3.56. The summed E-state index contributed by atoms with van der Waals surface area (Å²) in [5.41, 5.74) is 0.152. The zero-order valence-corrected chi connectivity index (χ0v) is 16.8. The molecule has 0 unspecified atom stereocenters. The Morgan fingerprint density at radius 1 is 1.15 bits per heavy atom. The largest absolute Gasteiger partial charge is 0.495 e. The van der Waals surface area contributed by atoms with E-state index in [2.05, 4.69) is 4.74 Å². The average molecular weight is 416 g/mol. The van der Waals surface area contributed by atoms with Gasteiger partial charge < -0.3 is 9.47 Å². The lowest BCUT2D eigenvalue weighted by atomic mass is 10.3. The molecule has 0 spiro atoms. The van der Waals surface area contributed by atoms with Crippen molar-refractivity contribution in [1.29, 1.82) is 0 Å². The van der Waals surface area contributed by atoms with Gasteiger partial charge in [-0.25, -0.2) is 8.42 Å². The Balaban J connectivity index is 2.60. The van der Waals surface area contributed by atoms with Gasteiger partial charge in [0.15, 0.2) is 0 Å². The molecule has 140 valence electrons. The van der Waals surface area contributed by atoms with Crippen LogP contribution in [0.3, 0.4) is 0 Å². The van der Waals surface area contributed by atoms with Crippen LogP contribution in [0.25, 0.3) is 0 Å². The van der Waals surface area contributed by atoms with Crippen molar-refractivity contribution in [3.05, 3.63) is 47.5 Å². The maximum absolute atomic E-state index is 13.2. The van der Waals surface area contributed by atoms with Crippen LogP contribution in [0.5, 0.6) is 5.75 Å². The fourth-order valence-electron chi connectivity index (χ4n) is 2.21. The Bertz CT molecular complexity index is 885. The third-order valence-corrected chi connectivity index (χ3v) is 6.31. The highest BCUT2D eigenvalue weighted by atomic mass is 35.5. The van der Waals surface area contributed by atoms with Crippen LogP contribution >= 0.6 is 23.4 Å². The molecule has 0 N–H and O–H groups in total. The van der Waals surface area contributed by atoms with Gasteiger partial charge in [-0.15, -0.1) is 11.8 Å². The summed E-state index contributed by atoms with van der Waals surface area (Å²) in [6.45, 7) is -0.514. The van der Waals surface area contributed by atoms with Gasteiger partial charge in [0.2, 0.25) is 0 Å². The predicted molar refractivity (Wildman–Crippen MR) is 103 cm³/mol. The van der Waals surface area contributed by atoms with Crippen LogP contribution in [0.1, 0.15) is 0 Å². The molecule has 26 heavy (non-hydrogen) atoms. The molecule has 2 aromatic carbocycles. The van der Waals surface area contributed by atoms with E-state index < -0.39 is 22.5 Å². The number of halogens is 1. The van der Waals surface area contributed by atoms with E-state index in [4.69, 9.17) is 16.3 Å². The molecule has 0 saturated heterocycles. The number of sulfonamides is 1. The van der Waals surface area contributed by atoms with E-state index in [1.54, 1.807) is 18.2 Å². The monoisotopic (exact) mass is 415 g/mol. The molecule has 0 atom stereocenters. The number of carbonyl (C=O) groups excluding carboxylic acids is 1. The van der Waals surface area contributed by atoms with Gasteiger partial charge in [-0.1, -0.05) is 11.6 Å². The van der Waals surface area contributed by atoms with E-state index in [1.807, 2.05) is 6.26 Å². The van der Waals surface area contributed by atoms with Crippen molar-refractivity contribution in [2.24, 2.45) is 0 Å². The number of thioether (sulfide) groups is 1. The second kappa shape index (κ2) is 8.66. The SMILES string of the molecule is COC(=O)CN(c1cc(Cl)ccc1OC)S(=O)(=O)c1ccc(SC)cc1. The molecule has 0 fully saturated rings. The first-order valence-corrected chi connectivity index (χ1v) is 10.4. The summed E-state index contributed by atoms with van der Waals surface area (Å²) >= 11 is 7.52. The lowest BCUT2D eigenvalue weighted by Crippen LogP contribution is -2.36. The summed E-state index contributed by atoms with van der Waals surface area (Å²) in [6.07, 6.45) is 1.89. The van der Waals surface area contributed by atoms with Crippen molar-refractivity contribution in [2.75, 3.05) is 31.3 Å². The van der Waals surface area contributed by atoms with Gasteiger partial charge in [0, 0.05) is 9.92 Å². The smallest absolute Gasteiger partial charge is 0.326 e. The Morgan fingerprint density at radius 3 is 2.35 bits per heavy atom. The topological polar surface area (TPSA) is 72.9 Å². The molecule has 0 amide bonds. The van der Waals surface area contributed by atoms with Gasteiger partial charge in [-0.3, -0.25) is 9.10 Å². The molecule has 0 heterocycles. The molecule has 0 saturated carbocycles. The van der Waals surface area contributed by atoms with Crippen molar-refractivity contribution in [3.63, 3.8) is 0 Å². The second-order valence-corrected chi connectivity index (χ2v) is 8.26. The van der Waals surface area contributed by atoms with Gasteiger partial charge in [-0.2, -0.15) is 0 Å². The number of esters is 1. The zero-order chi connectivity index (χ0) is 19.3. The van der Waals surface area contributed by atoms with E-state index in [-0.39, 0.29) is 16.3 Å². The quantitative estimate of drug-likeness (QED) is 0.509. The summed E-state index contributed by atoms with van der Waals surface area (Å²) in [7, 11) is -1.45. The molecule has 0 aromatic heterocycles. The number of ether oxygens (including phenoxy) is 2. The van der Waals surface area contributed by atoms with Gasteiger partial charge >= 0.3 is 5.97 Å². The first-order valence-electron chi connectivity index (χ1n) is 7.40. The number of hydrogen-bond acceptors (Lipinski definition) is 6. The highest BCUT2D eigenvalue weighted by Gasteiger charge is 2.30. The molecule has 0 radical (unpaired) electrons. The summed E-state index contributed by atoms with van der Waals surface area (Å²) in [6, 6.07) is 10.9. The Kier molecular flexibility index (Phi) is 6.80. The third kappa shape index (κ3) is 4.44. The molecule has 6 nitrogen and oxygen atoms in total. The van der Waals surface area contributed by atoms with Gasteiger partial charge in [0.25, 0.3) is 10.0 Å². The maximum atomic E-state index is 13.2. The zero-order valence-electron chi connectivity index (χ0n) is 14.4. The maximum Gasteiger partial charge on any atom is 0.326 e. The first kappa shape index (κ1) is 20.4. The highest BCUT2D eigenvalue weighted by molar-refractivity contribution is 7.98. The average Bonchev–Trinajstić information content (AvgIpc) is 2.65. The minimum atomic E-state index is -4.05. The number of benzene rings is 2. The number of anilines is 1. The molecule has 9 heteroatoms. The van der Waals surface area contributed by atoms with Crippen LogP contribution < -0.4 is 9.04 Å².